The number of thiophene rings is 1. The van der Waals surface area contributed by atoms with Crippen molar-refractivity contribution in [1.29, 1.82) is 0 Å². The lowest BCUT2D eigenvalue weighted by Gasteiger charge is -2.04. The van der Waals surface area contributed by atoms with Crippen LogP contribution >= 0.6 is 23.7 Å². The summed E-state index contributed by atoms with van der Waals surface area (Å²) in [5, 5.41) is 2.69. The van der Waals surface area contributed by atoms with Gasteiger partial charge in [-0.25, -0.2) is 4.98 Å². The maximum Gasteiger partial charge on any atom is 0.224 e. The topological polar surface area (TPSA) is 85.1 Å². The number of nitrogen functional groups attached to an aromatic ring is 1. The van der Waals surface area contributed by atoms with E-state index in [0.29, 0.717) is 11.5 Å². The van der Waals surface area contributed by atoms with Crippen LogP contribution in [0.1, 0.15) is 33.0 Å². The number of anilines is 2. The quantitative estimate of drug-likeness (QED) is 0.818. The van der Waals surface area contributed by atoms with Crippen LogP contribution in [-0.4, -0.2) is 16.7 Å². The van der Waals surface area contributed by atoms with Gasteiger partial charge in [0.1, 0.15) is 5.82 Å². The molecule has 0 radical (unpaired) electrons. The lowest BCUT2D eigenvalue weighted by atomic mass is 10.1. The summed E-state index contributed by atoms with van der Waals surface area (Å²) >= 11 is 1.59. The fourth-order valence-corrected chi connectivity index (χ4v) is 2.91. The van der Waals surface area contributed by atoms with Crippen molar-refractivity contribution in [2.24, 2.45) is 0 Å². The summed E-state index contributed by atoms with van der Waals surface area (Å²) in [6.45, 7) is 3.89. The van der Waals surface area contributed by atoms with Crippen LogP contribution < -0.4 is 11.1 Å². The number of hydrogen-bond donors (Lipinski definition) is 2. The van der Waals surface area contributed by atoms with Crippen LogP contribution in [0.4, 0.5) is 11.5 Å². The molecule has 0 aliphatic carbocycles. The Morgan fingerprint density at radius 2 is 2.00 bits per heavy atom. The molecule has 0 fully saturated rings. The zero-order chi connectivity index (χ0) is 15.4. The monoisotopic (exact) mass is 339 g/mol. The number of halogens is 1. The minimum absolute atomic E-state index is 0. The predicted octanol–water partition coefficient (Wildman–Crippen LogP) is 3.37. The Hall–Kier alpha value is -1.92. The second kappa shape index (κ2) is 7.91. The molecule has 2 rings (SSSR count). The standard InChI is InChI=1S/C15H17N3O2S.ClH/c1-9-7-12(10(2)21-9)13(19)4-6-15(20)18-11-3-5-14(16)17-8-11;/h3,5,7-8H,4,6H2,1-2H3,(H2,16,17)(H,18,20);1H. The first-order chi connectivity index (χ1) is 9.95. The van der Waals surface area contributed by atoms with Gasteiger partial charge in [-0.05, 0) is 32.0 Å². The first-order valence-corrected chi connectivity index (χ1v) is 7.39. The molecule has 0 aromatic carbocycles. The van der Waals surface area contributed by atoms with Crippen molar-refractivity contribution >= 4 is 46.9 Å². The molecule has 0 saturated heterocycles. The van der Waals surface area contributed by atoms with Gasteiger partial charge in [0.25, 0.3) is 0 Å². The lowest BCUT2D eigenvalue weighted by molar-refractivity contribution is -0.116. The second-order valence-electron chi connectivity index (χ2n) is 4.77. The highest BCUT2D eigenvalue weighted by Gasteiger charge is 2.13. The number of Topliss-reactive ketones (excluding diaryl/α,β-unsaturated/α-hetero) is 1. The summed E-state index contributed by atoms with van der Waals surface area (Å²) in [6.07, 6.45) is 1.84. The zero-order valence-electron chi connectivity index (χ0n) is 12.4. The third-order valence-electron chi connectivity index (χ3n) is 2.99. The number of carbonyl (C=O) groups is 2. The SMILES string of the molecule is Cc1cc(C(=O)CCC(=O)Nc2ccc(N)nc2)c(C)s1.Cl. The number of nitrogens with one attached hydrogen (secondary N) is 1. The Morgan fingerprint density at radius 3 is 2.55 bits per heavy atom. The van der Waals surface area contributed by atoms with Gasteiger partial charge in [-0.1, -0.05) is 0 Å². The number of nitrogens with zero attached hydrogens (tertiary/aromatic N) is 1. The highest BCUT2D eigenvalue weighted by Crippen LogP contribution is 2.22. The Balaban J connectivity index is 0.00000242. The highest BCUT2D eigenvalue weighted by atomic mass is 35.5. The Morgan fingerprint density at radius 1 is 1.27 bits per heavy atom. The summed E-state index contributed by atoms with van der Waals surface area (Å²) in [5.74, 6) is 0.188. The van der Waals surface area contributed by atoms with Crippen molar-refractivity contribution < 1.29 is 9.59 Å². The summed E-state index contributed by atoms with van der Waals surface area (Å²) in [5.41, 5.74) is 6.76. The van der Waals surface area contributed by atoms with Crippen molar-refractivity contribution in [1.82, 2.24) is 4.98 Å². The van der Waals surface area contributed by atoms with E-state index < -0.39 is 0 Å². The molecular formula is C15H18ClN3O2S. The average molecular weight is 340 g/mol. The number of nitrogens with two attached hydrogens (primary N) is 1. The summed E-state index contributed by atoms with van der Waals surface area (Å²) < 4.78 is 0. The first kappa shape index (κ1) is 18.1. The van der Waals surface area contributed by atoms with Gasteiger partial charge in [-0.2, -0.15) is 0 Å². The fourth-order valence-electron chi connectivity index (χ4n) is 1.97. The van der Waals surface area contributed by atoms with Gasteiger partial charge in [0.2, 0.25) is 5.91 Å². The van der Waals surface area contributed by atoms with E-state index in [9.17, 15) is 9.59 Å². The number of ketones is 1. The largest absolute Gasteiger partial charge is 0.384 e. The average Bonchev–Trinajstić information content (AvgIpc) is 2.78. The molecule has 0 aliphatic heterocycles. The smallest absolute Gasteiger partial charge is 0.224 e. The number of aryl methyl sites for hydroxylation is 2. The van der Waals surface area contributed by atoms with E-state index in [4.69, 9.17) is 5.73 Å². The van der Waals surface area contributed by atoms with E-state index in [2.05, 4.69) is 10.3 Å². The van der Waals surface area contributed by atoms with E-state index in [0.717, 1.165) is 15.3 Å². The van der Waals surface area contributed by atoms with Crippen molar-refractivity contribution in [3.8, 4) is 0 Å². The Labute approximate surface area is 139 Å². The van der Waals surface area contributed by atoms with Gasteiger partial charge in [0, 0.05) is 28.2 Å². The zero-order valence-corrected chi connectivity index (χ0v) is 14.0. The molecule has 2 aromatic rings. The summed E-state index contributed by atoms with van der Waals surface area (Å²) in [6, 6.07) is 5.16. The molecule has 0 saturated carbocycles. The molecule has 22 heavy (non-hydrogen) atoms. The molecule has 2 heterocycles. The van der Waals surface area contributed by atoms with Crippen LogP contribution in [0.5, 0.6) is 0 Å². The molecule has 0 atom stereocenters. The highest BCUT2D eigenvalue weighted by molar-refractivity contribution is 7.12. The van der Waals surface area contributed by atoms with Crippen molar-refractivity contribution in [2.75, 3.05) is 11.1 Å². The molecule has 5 nitrogen and oxygen atoms in total. The van der Waals surface area contributed by atoms with Crippen molar-refractivity contribution in [3.63, 3.8) is 0 Å². The molecule has 0 bridgehead atoms. The minimum atomic E-state index is -0.209. The van der Waals surface area contributed by atoms with Crippen molar-refractivity contribution in [3.05, 3.63) is 39.7 Å². The second-order valence-corrected chi connectivity index (χ2v) is 6.23. The molecule has 2 aromatic heterocycles. The van der Waals surface area contributed by atoms with Gasteiger partial charge in [0.15, 0.2) is 5.78 Å². The minimum Gasteiger partial charge on any atom is -0.384 e. The van der Waals surface area contributed by atoms with Gasteiger partial charge in [-0.15, -0.1) is 23.7 Å². The number of hydrogen-bond acceptors (Lipinski definition) is 5. The molecule has 0 aliphatic rings. The van der Waals surface area contributed by atoms with Gasteiger partial charge >= 0.3 is 0 Å². The van der Waals surface area contributed by atoms with Crippen LogP contribution in [0.15, 0.2) is 24.4 Å². The predicted molar refractivity (Wildman–Crippen MR) is 91.9 cm³/mol. The summed E-state index contributed by atoms with van der Waals surface area (Å²) in [7, 11) is 0. The van der Waals surface area contributed by atoms with Crippen molar-refractivity contribution in [2.45, 2.75) is 26.7 Å². The molecular weight excluding hydrogens is 322 g/mol. The van der Waals surface area contributed by atoms with Crippen LogP contribution in [0.3, 0.4) is 0 Å². The van der Waals surface area contributed by atoms with E-state index in [1.165, 1.54) is 6.20 Å². The van der Waals surface area contributed by atoms with E-state index in [1.54, 1.807) is 23.5 Å². The van der Waals surface area contributed by atoms with Gasteiger partial charge in [-0.3, -0.25) is 9.59 Å². The number of amides is 1. The molecule has 118 valence electrons. The Kier molecular flexibility index (Phi) is 6.52. The number of rotatable bonds is 5. The fraction of sp³-hybridized carbons (Fsp3) is 0.267. The molecule has 0 unspecified atom stereocenters. The van der Waals surface area contributed by atoms with E-state index in [-0.39, 0.29) is 36.9 Å². The first-order valence-electron chi connectivity index (χ1n) is 6.57. The van der Waals surface area contributed by atoms with Gasteiger partial charge in [0.05, 0.1) is 11.9 Å². The van der Waals surface area contributed by atoms with Gasteiger partial charge < -0.3 is 11.1 Å². The molecule has 1 amide bonds. The van der Waals surface area contributed by atoms with E-state index in [1.807, 2.05) is 19.9 Å². The maximum absolute atomic E-state index is 12.1. The number of carbonyl (C=O) groups excluding carboxylic acids is 2. The molecule has 7 heteroatoms. The number of aromatic nitrogens is 1. The Bertz CT molecular complexity index is 668. The number of pyridine rings is 1. The lowest BCUT2D eigenvalue weighted by Crippen LogP contribution is -2.13. The molecule has 3 N–H and O–H groups in total. The molecule has 0 spiro atoms. The van der Waals surface area contributed by atoms with E-state index >= 15 is 0 Å². The third-order valence-corrected chi connectivity index (χ3v) is 3.96. The third kappa shape index (κ3) is 4.82. The van der Waals surface area contributed by atoms with Crippen LogP contribution in [-0.2, 0) is 4.79 Å². The normalized spacial score (nSPS) is 9.91. The van der Waals surface area contributed by atoms with Crippen LogP contribution in [0.2, 0.25) is 0 Å². The summed E-state index contributed by atoms with van der Waals surface area (Å²) in [4.78, 5) is 29.9. The van der Waals surface area contributed by atoms with Crippen LogP contribution in [0, 0.1) is 13.8 Å². The maximum atomic E-state index is 12.1. The van der Waals surface area contributed by atoms with Crippen LogP contribution in [0.25, 0.3) is 0 Å².